The molecule has 2 aromatic rings. The van der Waals surface area contributed by atoms with E-state index in [1.54, 1.807) is 7.05 Å². The Balaban J connectivity index is 1.56. The minimum absolute atomic E-state index is 0.277. The molecule has 0 aromatic heterocycles. The number of nitrogens with one attached hydrogen (secondary N) is 1. The first kappa shape index (κ1) is 24.4. The maximum absolute atomic E-state index is 15.4. The molecule has 1 spiro atoms. The number of ether oxygens (including phenoxy) is 3. The Morgan fingerprint density at radius 2 is 1.86 bits per heavy atom. The number of halogens is 1. The van der Waals surface area contributed by atoms with Crippen molar-refractivity contribution >= 4 is 17.4 Å². The van der Waals surface area contributed by atoms with E-state index in [9.17, 15) is 4.79 Å². The average molecular weight is 497 g/mol. The fourth-order valence-electron chi connectivity index (χ4n) is 5.40. The molecule has 5 rings (SSSR count). The second kappa shape index (κ2) is 9.61. The zero-order valence-electron chi connectivity index (χ0n) is 21.3. The van der Waals surface area contributed by atoms with Crippen LogP contribution in [0.5, 0.6) is 11.5 Å². The zero-order valence-corrected chi connectivity index (χ0v) is 21.3. The van der Waals surface area contributed by atoms with Crippen molar-refractivity contribution in [1.82, 2.24) is 10.3 Å². The number of hydrogen-bond acceptors (Lipinski definition) is 6. The van der Waals surface area contributed by atoms with Crippen molar-refractivity contribution in [3.05, 3.63) is 52.8 Å². The molecular formula is C27H33FN4O4. The first-order chi connectivity index (χ1) is 17.4. The molecule has 9 heteroatoms. The van der Waals surface area contributed by atoms with Crippen LogP contribution in [-0.4, -0.2) is 70.4 Å². The van der Waals surface area contributed by atoms with E-state index in [-0.39, 0.29) is 24.2 Å². The summed E-state index contributed by atoms with van der Waals surface area (Å²) >= 11 is 0. The van der Waals surface area contributed by atoms with Crippen LogP contribution >= 0.6 is 0 Å². The highest BCUT2D eigenvalue weighted by molar-refractivity contribution is 6.16. The normalized spacial score (nSPS) is 20.7. The van der Waals surface area contributed by atoms with E-state index in [4.69, 9.17) is 19.3 Å². The van der Waals surface area contributed by atoms with Crippen LogP contribution in [0.4, 0.5) is 14.9 Å². The number of carbonyl (C=O) groups excluding carboxylic acids is 1. The van der Waals surface area contributed by atoms with Gasteiger partial charge in [-0.05, 0) is 38.3 Å². The maximum atomic E-state index is 15.4. The van der Waals surface area contributed by atoms with Crippen LogP contribution in [-0.2, 0) is 11.2 Å². The Kier molecular flexibility index (Phi) is 6.51. The van der Waals surface area contributed by atoms with E-state index in [1.165, 1.54) is 25.3 Å². The summed E-state index contributed by atoms with van der Waals surface area (Å²) < 4.78 is 31.9. The number of piperidine rings is 1. The van der Waals surface area contributed by atoms with Gasteiger partial charge in [0.1, 0.15) is 11.5 Å². The summed E-state index contributed by atoms with van der Waals surface area (Å²) in [5.74, 6) is 0.257. The molecule has 192 valence electrons. The van der Waals surface area contributed by atoms with Crippen molar-refractivity contribution in [2.45, 2.75) is 32.2 Å². The fraction of sp³-hybridized carbons (Fsp3) is 0.481. The number of hydrogen-bond donors (Lipinski definition) is 1. The number of amides is 2. The van der Waals surface area contributed by atoms with Gasteiger partial charge in [-0.2, -0.15) is 5.10 Å². The van der Waals surface area contributed by atoms with Gasteiger partial charge in [-0.1, -0.05) is 12.1 Å². The molecule has 36 heavy (non-hydrogen) atoms. The summed E-state index contributed by atoms with van der Waals surface area (Å²) in [6.45, 7) is 5.58. The van der Waals surface area contributed by atoms with Crippen molar-refractivity contribution in [2.75, 3.05) is 52.5 Å². The zero-order chi connectivity index (χ0) is 25.4. The predicted octanol–water partition coefficient (Wildman–Crippen LogP) is 3.80. The van der Waals surface area contributed by atoms with Crippen molar-refractivity contribution in [2.24, 2.45) is 10.5 Å². The number of benzene rings is 2. The lowest BCUT2D eigenvalue weighted by molar-refractivity contribution is -0.124. The van der Waals surface area contributed by atoms with E-state index in [1.807, 2.05) is 19.1 Å². The third kappa shape index (κ3) is 4.15. The van der Waals surface area contributed by atoms with E-state index < -0.39 is 5.82 Å². The number of nitrogens with zero attached hydrogens (tertiary/aromatic N) is 3. The van der Waals surface area contributed by atoms with Crippen LogP contribution in [0.3, 0.4) is 0 Å². The van der Waals surface area contributed by atoms with Gasteiger partial charge < -0.3 is 24.4 Å². The molecule has 2 aromatic carbocycles. The molecule has 8 nitrogen and oxygen atoms in total. The molecule has 3 heterocycles. The third-order valence-electron chi connectivity index (χ3n) is 7.65. The maximum Gasteiger partial charge on any atom is 0.337 e. The number of rotatable bonds is 4. The number of methoxy groups -OCH3 is 2. The Bertz CT molecular complexity index is 1170. The number of carbonyl (C=O) groups is 1. The molecule has 3 aliphatic rings. The molecule has 2 amide bonds. The minimum atomic E-state index is -0.417. The Morgan fingerprint density at radius 1 is 1.17 bits per heavy atom. The summed E-state index contributed by atoms with van der Waals surface area (Å²) in [4.78, 5) is 15.1. The van der Waals surface area contributed by atoms with Crippen LogP contribution in [0.2, 0.25) is 0 Å². The number of hydrazone groups is 1. The Morgan fingerprint density at radius 3 is 2.42 bits per heavy atom. The summed E-state index contributed by atoms with van der Waals surface area (Å²) in [5, 5.41) is 8.77. The quantitative estimate of drug-likeness (QED) is 0.697. The smallest absolute Gasteiger partial charge is 0.337 e. The molecule has 2 saturated heterocycles. The van der Waals surface area contributed by atoms with Crippen LogP contribution in [0, 0.1) is 11.2 Å². The number of anilines is 1. The second-order valence-electron chi connectivity index (χ2n) is 9.88. The molecule has 0 saturated carbocycles. The average Bonchev–Trinajstić information content (AvgIpc) is 3.04. The van der Waals surface area contributed by atoms with Gasteiger partial charge in [0.15, 0.2) is 11.5 Å². The molecule has 0 bridgehead atoms. The number of urea groups is 1. The van der Waals surface area contributed by atoms with Gasteiger partial charge in [-0.3, -0.25) is 0 Å². The van der Waals surface area contributed by atoms with Gasteiger partial charge >= 0.3 is 6.03 Å². The Hall–Kier alpha value is -3.33. The number of fused-ring (bicyclic) bond motifs is 1. The fourth-order valence-corrected chi connectivity index (χ4v) is 5.40. The standard InChI is InChI=1S/C27H33FN4O4/c1-17-13-20-21(28)14-22(34-3)25(35-4)23(20)24(30-32(17)26(33)29-2)18-5-7-19(8-6-18)31-11-9-27(10-12-31)15-36-16-27/h5-8,14,17H,9-13,15-16H2,1-4H3,(H,29,33)/t17-/m0/s1. The van der Waals surface area contributed by atoms with Crippen LogP contribution < -0.4 is 19.7 Å². The van der Waals surface area contributed by atoms with Crippen molar-refractivity contribution in [3.63, 3.8) is 0 Å². The van der Waals surface area contributed by atoms with Gasteiger partial charge in [0.05, 0.1) is 39.0 Å². The highest BCUT2D eigenvalue weighted by atomic mass is 19.1. The molecule has 2 fully saturated rings. The predicted molar refractivity (Wildman–Crippen MR) is 136 cm³/mol. The first-order valence-electron chi connectivity index (χ1n) is 12.4. The highest BCUT2D eigenvalue weighted by Gasteiger charge is 2.41. The van der Waals surface area contributed by atoms with Gasteiger partial charge in [0.25, 0.3) is 0 Å². The summed E-state index contributed by atoms with van der Waals surface area (Å²) in [6.07, 6.45) is 2.54. The molecule has 1 atom stereocenters. The largest absolute Gasteiger partial charge is 0.493 e. The molecule has 3 aliphatic heterocycles. The van der Waals surface area contributed by atoms with Crippen LogP contribution in [0.1, 0.15) is 36.5 Å². The molecule has 1 N–H and O–H groups in total. The molecule has 0 radical (unpaired) electrons. The van der Waals surface area contributed by atoms with Crippen molar-refractivity contribution < 1.29 is 23.4 Å². The summed E-state index contributed by atoms with van der Waals surface area (Å²) in [6, 6.07) is 8.68. The summed E-state index contributed by atoms with van der Waals surface area (Å²) in [5.41, 5.74) is 3.67. The lowest BCUT2D eigenvalue weighted by Gasteiger charge is -2.47. The van der Waals surface area contributed by atoms with E-state index >= 15 is 4.39 Å². The minimum Gasteiger partial charge on any atom is -0.493 e. The van der Waals surface area contributed by atoms with Gasteiger partial charge in [0.2, 0.25) is 0 Å². The molecule has 0 unspecified atom stereocenters. The lowest BCUT2D eigenvalue weighted by Crippen LogP contribution is -2.50. The van der Waals surface area contributed by atoms with E-state index in [2.05, 4.69) is 22.3 Å². The SMILES string of the molecule is CNC(=O)N1N=C(c2ccc(N3CCC4(CC3)COC4)cc2)c2c(c(F)cc(OC)c2OC)C[C@@H]1C. The van der Waals surface area contributed by atoms with Crippen LogP contribution in [0.15, 0.2) is 35.4 Å². The van der Waals surface area contributed by atoms with Crippen LogP contribution in [0.25, 0.3) is 0 Å². The van der Waals surface area contributed by atoms with Gasteiger partial charge in [-0.25, -0.2) is 14.2 Å². The third-order valence-corrected chi connectivity index (χ3v) is 7.65. The van der Waals surface area contributed by atoms with E-state index in [0.717, 1.165) is 50.4 Å². The topological polar surface area (TPSA) is 75.6 Å². The van der Waals surface area contributed by atoms with Gasteiger partial charge in [-0.15, -0.1) is 0 Å². The first-order valence-corrected chi connectivity index (χ1v) is 12.4. The monoisotopic (exact) mass is 496 g/mol. The Labute approximate surface area is 211 Å². The molecule has 0 aliphatic carbocycles. The van der Waals surface area contributed by atoms with Gasteiger partial charge in [0, 0.05) is 48.4 Å². The second-order valence-corrected chi connectivity index (χ2v) is 9.88. The summed E-state index contributed by atoms with van der Waals surface area (Å²) in [7, 11) is 4.56. The highest BCUT2D eigenvalue weighted by Crippen LogP contribution is 2.41. The van der Waals surface area contributed by atoms with Crippen molar-refractivity contribution in [1.29, 1.82) is 0 Å². The van der Waals surface area contributed by atoms with Crippen molar-refractivity contribution in [3.8, 4) is 11.5 Å². The molecular weight excluding hydrogens is 463 g/mol. The van der Waals surface area contributed by atoms with E-state index in [0.29, 0.717) is 28.0 Å². The lowest BCUT2D eigenvalue weighted by atomic mass is 9.77.